The van der Waals surface area contributed by atoms with Gasteiger partial charge in [-0.15, -0.1) is 0 Å². The van der Waals surface area contributed by atoms with Crippen molar-refractivity contribution in [1.82, 2.24) is 19.7 Å². The summed E-state index contributed by atoms with van der Waals surface area (Å²) in [6, 6.07) is 21.6. The van der Waals surface area contributed by atoms with Gasteiger partial charge in [0.25, 0.3) is 0 Å². The molecule has 3 aromatic carbocycles. The number of piperazine rings is 1. The number of aromatic amines is 1. The number of hydrogen-bond acceptors (Lipinski definition) is 6. The molecule has 0 saturated carbocycles. The maximum Gasteiger partial charge on any atom is 0.142 e. The number of halogens is 2. The zero-order valence-electron chi connectivity index (χ0n) is 23.2. The first-order valence-electron chi connectivity index (χ1n) is 14.2. The van der Waals surface area contributed by atoms with Crippen LogP contribution in [0.25, 0.3) is 10.9 Å². The molecule has 9 heteroatoms. The molecule has 2 atom stereocenters. The Hall–Kier alpha value is -2.78. The van der Waals surface area contributed by atoms with Crippen LogP contribution in [0, 0.1) is 0 Å². The van der Waals surface area contributed by atoms with Crippen LogP contribution in [0.2, 0.25) is 10.0 Å². The average molecular weight is 596 g/mol. The van der Waals surface area contributed by atoms with Gasteiger partial charge in [0, 0.05) is 65.9 Å². The van der Waals surface area contributed by atoms with Crippen molar-refractivity contribution in [2.24, 2.45) is 0 Å². The molecule has 4 aromatic rings. The minimum absolute atomic E-state index is 0.0332. The summed E-state index contributed by atoms with van der Waals surface area (Å²) in [6.45, 7) is 6.17. The third-order valence-corrected chi connectivity index (χ3v) is 8.59. The third-order valence-electron chi connectivity index (χ3n) is 8.10. The van der Waals surface area contributed by atoms with Gasteiger partial charge in [-0.2, -0.15) is 0 Å². The molecule has 0 spiro atoms. The van der Waals surface area contributed by atoms with E-state index in [4.69, 9.17) is 32.7 Å². The van der Waals surface area contributed by atoms with E-state index >= 15 is 0 Å². The van der Waals surface area contributed by atoms with Gasteiger partial charge < -0.3 is 24.5 Å². The third kappa shape index (κ3) is 6.67. The molecular weight excluding hydrogens is 559 g/mol. The van der Waals surface area contributed by atoms with Crippen LogP contribution in [-0.4, -0.2) is 90.5 Å². The number of nitrogens with zero attached hydrogens (tertiary/aromatic N) is 3. The number of aliphatic hydroxyl groups excluding tert-OH is 1. The Morgan fingerprint density at radius 3 is 2.32 bits per heavy atom. The number of ether oxygens (including phenoxy) is 2. The predicted octanol–water partition coefficient (Wildman–Crippen LogP) is 5.45. The Bertz CT molecular complexity index is 1450. The summed E-state index contributed by atoms with van der Waals surface area (Å²) >= 11 is 12.4. The molecule has 2 aliphatic rings. The smallest absolute Gasteiger partial charge is 0.142 e. The van der Waals surface area contributed by atoms with Crippen molar-refractivity contribution in [2.45, 2.75) is 18.6 Å². The van der Waals surface area contributed by atoms with E-state index in [1.54, 1.807) is 0 Å². The lowest BCUT2D eigenvalue weighted by atomic mass is 9.93. The molecule has 2 N–H and O–H groups in total. The Balaban J connectivity index is 1.18. The molecule has 41 heavy (non-hydrogen) atoms. The summed E-state index contributed by atoms with van der Waals surface area (Å²) in [5.74, 6) is 1.52. The maximum atomic E-state index is 10.6. The molecular formula is C32H36Cl2N4O3. The van der Waals surface area contributed by atoms with Gasteiger partial charge >= 0.3 is 0 Å². The van der Waals surface area contributed by atoms with Gasteiger partial charge in [-0.3, -0.25) is 9.80 Å². The van der Waals surface area contributed by atoms with Crippen LogP contribution in [0.15, 0.2) is 66.7 Å². The van der Waals surface area contributed by atoms with Gasteiger partial charge in [0.15, 0.2) is 0 Å². The molecule has 2 unspecified atom stereocenters. The second kappa shape index (κ2) is 12.6. The highest BCUT2D eigenvalue weighted by atomic mass is 35.5. The van der Waals surface area contributed by atoms with Crippen LogP contribution in [0.1, 0.15) is 22.9 Å². The minimum Gasteiger partial charge on any atom is -0.491 e. The summed E-state index contributed by atoms with van der Waals surface area (Å²) in [5.41, 5.74) is 4.67. The van der Waals surface area contributed by atoms with Gasteiger partial charge in [0.2, 0.25) is 0 Å². The summed E-state index contributed by atoms with van der Waals surface area (Å²) in [6.07, 6.45) is 0.361. The van der Waals surface area contributed by atoms with E-state index in [0.717, 1.165) is 72.4 Å². The van der Waals surface area contributed by atoms with Crippen LogP contribution >= 0.6 is 23.2 Å². The number of likely N-dealkylation sites (N-methyl/N-ethyl adjacent to an activating group) is 1. The second-order valence-electron chi connectivity index (χ2n) is 11.0. The molecule has 1 saturated heterocycles. The van der Waals surface area contributed by atoms with Crippen LogP contribution in [0.4, 0.5) is 0 Å². The van der Waals surface area contributed by atoms with E-state index in [-0.39, 0.29) is 12.6 Å². The van der Waals surface area contributed by atoms with Gasteiger partial charge in [0.05, 0.1) is 6.04 Å². The van der Waals surface area contributed by atoms with Crippen LogP contribution in [-0.2, 0) is 6.42 Å². The molecule has 7 nitrogen and oxygen atoms in total. The average Bonchev–Trinajstić information content (AvgIpc) is 3.35. The lowest BCUT2D eigenvalue weighted by Crippen LogP contribution is -2.47. The highest BCUT2D eigenvalue weighted by Gasteiger charge is 2.32. The number of H-pyrrole nitrogens is 1. The Morgan fingerprint density at radius 1 is 0.878 bits per heavy atom. The molecule has 0 amide bonds. The number of β-amino-alcohol motifs (C(OH)–C–C–N with tert-alkyl or cyclic N) is 1. The van der Waals surface area contributed by atoms with E-state index in [1.807, 2.05) is 54.6 Å². The monoisotopic (exact) mass is 594 g/mol. The van der Waals surface area contributed by atoms with Crippen LogP contribution in [0.3, 0.4) is 0 Å². The largest absolute Gasteiger partial charge is 0.491 e. The lowest BCUT2D eigenvalue weighted by Gasteiger charge is -2.36. The van der Waals surface area contributed by atoms with E-state index in [2.05, 4.69) is 38.9 Å². The fourth-order valence-corrected chi connectivity index (χ4v) is 6.13. The SMILES string of the molecule is CN1CCN(CC(O)COc2ccc(C3c4[nH]c5ccc(Cl)cc5c4CCN3COc3ccc(Cl)cc3)cc2)CC1. The van der Waals surface area contributed by atoms with E-state index in [9.17, 15) is 5.11 Å². The first-order chi connectivity index (χ1) is 19.9. The Morgan fingerprint density at radius 2 is 1.56 bits per heavy atom. The normalized spacial score (nSPS) is 19.3. The summed E-state index contributed by atoms with van der Waals surface area (Å²) < 4.78 is 12.2. The first-order valence-corrected chi connectivity index (χ1v) is 14.9. The molecule has 2 aliphatic heterocycles. The number of hydrogen-bond donors (Lipinski definition) is 2. The fourth-order valence-electron chi connectivity index (χ4n) is 5.84. The highest BCUT2D eigenvalue weighted by Crippen LogP contribution is 2.39. The Kier molecular flexibility index (Phi) is 8.72. The lowest BCUT2D eigenvalue weighted by molar-refractivity contribution is 0.0504. The molecule has 1 aromatic heterocycles. The number of aliphatic hydroxyl groups is 1. The zero-order chi connectivity index (χ0) is 28.3. The summed E-state index contributed by atoms with van der Waals surface area (Å²) in [5, 5.41) is 13.2. The van der Waals surface area contributed by atoms with Crippen LogP contribution < -0.4 is 9.47 Å². The van der Waals surface area contributed by atoms with Crippen molar-refractivity contribution >= 4 is 34.1 Å². The molecule has 216 valence electrons. The van der Waals surface area contributed by atoms with E-state index in [1.165, 1.54) is 10.9 Å². The van der Waals surface area contributed by atoms with Crippen LogP contribution in [0.5, 0.6) is 11.5 Å². The van der Waals surface area contributed by atoms with Crippen molar-refractivity contribution in [2.75, 3.05) is 59.7 Å². The predicted molar refractivity (Wildman–Crippen MR) is 164 cm³/mol. The number of fused-ring (bicyclic) bond motifs is 3. The number of benzene rings is 3. The highest BCUT2D eigenvalue weighted by molar-refractivity contribution is 6.31. The van der Waals surface area contributed by atoms with E-state index in [0.29, 0.717) is 18.3 Å². The first kappa shape index (κ1) is 28.3. The summed E-state index contributed by atoms with van der Waals surface area (Å²) in [4.78, 5) is 10.6. The minimum atomic E-state index is -0.530. The summed E-state index contributed by atoms with van der Waals surface area (Å²) in [7, 11) is 2.13. The van der Waals surface area contributed by atoms with Crippen molar-refractivity contribution in [3.05, 3.63) is 93.6 Å². The molecule has 0 radical (unpaired) electrons. The van der Waals surface area contributed by atoms with Gasteiger partial charge in [0.1, 0.15) is 30.9 Å². The molecule has 0 bridgehead atoms. The molecule has 1 fully saturated rings. The van der Waals surface area contributed by atoms with Crippen molar-refractivity contribution in [3.8, 4) is 11.5 Å². The van der Waals surface area contributed by atoms with Gasteiger partial charge in [-0.25, -0.2) is 0 Å². The number of aromatic nitrogens is 1. The van der Waals surface area contributed by atoms with Crippen molar-refractivity contribution in [3.63, 3.8) is 0 Å². The quantitative estimate of drug-likeness (QED) is 0.269. The van der Waals surface area contributed by atoms with Crippen molar-refractivity contribution in [1.29, 1.82) is 0 Å². The zero-order valence-corrected chi connectivity index (χ0v) is 24.7. The van der Waals surface area contributed by atoms with Crippen molar-refractivity contribution < 1.29 is 14.6 Å². The van der Waals surface area contributed by atoms with E-state index < -0.39 is 6.10 Å². The molecule has 0 aliphatic carbocycles. The number of nitrogens with one attached hydrogen (secondary N) is 1. The molecule has 6 rings (SSSR count). The Labute approximate surface area is 251 Å². The second-order valence-corrected chi connectivity index (χ2v) is 11.9. The standard InChI is InChI=1S/C32H36Cl2N4O3/c1-36-14-16-37(17-15-36)19-25(39)20-40-26-7-2-22(3-8-26)32-31-28(29-18-24(34)6-11-30(29)35-31)12-13-38(32)21-41-27-9-4-23(33)5-10-27/h2-11,18,25,32,35,39H,12-17,19-21H2,1H3. The molecule has 3 heterocycles. The van der Waals surface area contributed by atoms with Gasteiger partial charge in [-0.1, -0.05) is 35.3 Å². The number of rotatable bonds is 9. The fraction of sp³-hybridized carbons (Fsp3) is 0.375. The topological polar surface area (TPSA) is 64.2 Å². The van der Waals surface area contributed by atoms with Gasteiger partial charge in [-0.05, 0) is 79.2 Å². The maximum absolute atomic E-state index is 10.6.